The minimum atomic E-state index is 0.673. The molecule has 0 aromatic carbocycles. The van der Waals surface area contributed by atoms with Crippen molar-refractivity contribution in [3.8, 4) is 0 Å². The van der Waals surface area contributed by atoms with E-state index in [-0.39, 0.29) is 0 Å². The second kappa shape index (κ2) is 6.41. The van der Waals surface area contributed by atoms with Crippen LogP contribution in [-0.4, -0.2) is 37.1 Å². The van der Waals surface area contributed by atoms with Crippen molar-refractivity contribution >= 4 is 0 Å². The Morgan fingerprint density at radius 2 is 2.07 bits per heavy atom. The zero-order valence-corrected chi connectivity index (χ0v) is 10.1. The van der Waals surface area contributed by atoms with Crippen molar-refractivity contribution in [2.24, 2.45) is 5.92 Å². The molecule has 0 aliphatic carbocycles. The lowest BCUT2D eigenvalue weighted by Gasteiger charge is -2.26. The Hall–Kier alpha value is -0.0800. The number of hydrogen-bond acceptors (Lipinski definition) is 2. The number of rotatable bonds is 4. The molecule has 1 rings (SSSR count). The normalized spacial score (nSPS) is 25.3. The molecule has 1 fully saturated rings. The Morgan fingerprint density at radius 1 is 1.36 bits per heavy atom. The van der Waals surface area contributed by atoms with Gasteiger partial charge in [0.05, 0.1) is 0 Å². The molecule has 2 nitrogen and oxygen atoms in total. The molecule has 0 spiro atoms. The topological polar surface area (TPSA) is 15.3 Å². The third-order valence-electron chi connectivity index (χ3n) is 3.35. The summed E-state index contributed by atoms with van der Waals surface area (Å²) in [5, 5.41) is 3.54. The molecule has 0 aromatic heterocycles. The van der Waals surface area contributed by atoms with Gasteiger partial charge in [0.1, 0.15) is 0 Å². The summed E-state index contributed by atoms with van der Waals surface area (Å²) in [7, 11) is 0. The zero-order valence-electron chi connectivity index (χ0n) is 10.1. The summed E-state index contributed by atoms with van der Waals surface area (Å²) >= 11 is 0. The van der Waals surface area contributed by atoms with Crippen molar-refractivity contribution in [2.45, 2.75) is 46.1 Å². The summed E-state index contributed by atoms with van der Waals surface area (Å²) < 4.78 is 0. The summed E-state index contributed by atoms with van der Waals surface area (Å²) in [4.78, 5) is 2.64. The molecule has 0 radical (unpaired) electrons. The highest BCUT2D eigenvalue weighted by atomic mass is 15.2. The van der Waals surface area contributed by atoms with Gasteiger partial charge in [0.25, 0.3) is 0 Å². The van der Waals surface area contributed by atoms with Crippen LogP contribution in [0.25, 0.3) is 0 Å². The molecule has 84 valence electrons. The fourth-order valence-corrected chi connectivity index (χ4v) is 2.27. The van der Waals surface area contributed by atoms with Gasteiger partial charge in [0, 0.05) is 19.1 Å². The standard InChI is InChI=1S/C12H26N2/c1-4-12(5-2)10-14-8-6-7-13-11(3)9-14/h11-13H,4-10H2,1-3H3. The van der Waals surface area contributed by atoms with Gasteiger partial charge in [-0.1, -0.05) is 26.7 Å². The smallest absolute Gasteiger partial charge is 0.0166 e. The van der Waals surface area contributed by atoms with Crippen LogP contribution in [0.3, 0.4) is 0 Å². The molecule has 0 bridgehead atoms. The second-order valence-electron chi connectivity index (χ2n) is 4.65. The van der Waals surface area contributed by atoms with Crippen LogP contribution in [0.4, 0.5) is 0 Å². The maximum absolute atomic E-state index is 3.54. The Labute approximate surface area is 89.1 Å². The average Bonchev–Trinajstić information content (AvgIpc) is 2.39. The number of nitrogens with zero attached hydrogens (tertiary/aromatic N) is 1. The van der Waals surface area contributed by atoms with Crippen molar-refractivity contribution < 1.29 is 0 Å². The van der Waals surface area contributed by atoms with Crippen LogP contribution in [0.1, 0.15) is 40.0 Å². The molecular weight excluding hydrogens is 172 g/mol. The molecule has 14 heavy (non-hydrogen) atoms. The van der Waals surface area contributed by atoms with Crippen LogP contribution in [0, 0.1) is 5.92 Å². The van der Waals surface area contributed by atoms with Crippen molar-refractivity contribution in [2.75, 3.05) is 26.2 Å². The van der Waals surface area contributed by atoms with Crippen LogP contribution < -0.4 is 5.32 Å². The molecular formula is C12H26N2. The minimum Gasteiger partial charge on any atom is -0.313 e. The third-order valence-corrected chi connectivity index (χ3v) is 3.35. The highest BCUT2D eigenvalue weighted by Crippen LogP contribution is 2.11. The van der Waals surface area contributed by atoms with E-state index in [9.17, 15) is 0 Å². The largest absolute Gasteiger partial charge is 0.313 e. The Morgan fingerprint density at radius 3 is 2.71 bits per heavy atom. The van der Waals surface area contributed by atoms with E-state index in [1.54, 1.807) is 0 Å². The SMILES string of the molecule is CCC(CC)CN1CCCNC(C)C1. The van der Waals surface area contributed by atoms with Crippen LogP contribution in [0.15, 0.2) is 0 Å². The van der Waals surface area contributed by atoms with Gasteiger partial charge in [0.2, 0.25) is 0 Å². The molecule has 1 heterocycles. The van der Waals surface area contributed by atoms with Crippen LogP contribution >= 0.6 is 0 Å². The highest BCUT2D eigenvalue weighted by molar-refractivity contribution is 4.74. The molecule has 1 atom stereocenters. The predicted molar refractivity (Wildman–Crippen MR) is 62.6 cm³/mol. The lowest BCUT2D eigenvalue weighted by atomic mass is 10.0. The average molecular weight is 198 g/mol. The van der Waals surface area contributed by atoms with Crippen molar-refractivity contribution in [3.05, 3.63) is 0 Å². The van der Waals surface area contributed by atoms with E-state index in [0.717, 1.165) is 5.92 Å². The van der Waals surface area contributed by atoms with Gasteiger partial charge in [-0.25, -0.2) is 0 Å². The Bertz CT molecular complexity index is 143. The molecule has 1 aliphatic rings. The monoisotopic (exact) mass is 198 g/mol. The highest BCUT2D eigenvalue weighted by Gasteiger charge is 2.16. The number of nitrogens with one attached hydrogen (secondary N) is 1. The summed E-state index contributed by atoms with van der Waals surface area (Å²) in [5.41, 5.74) is 0. The predicted octanol–water partition coefficient (Wildman–Crippen LogP) is 2.11. The van der Waals surface area contributed by atoms with E-state index >= 15 is 0 Å². The molecule has 0 aromatic rings. The summed E-state index contributed by atoms with van der Waals surface area (Å²) in [6.07, 6.45) is 3.97. The van der Waals surface area contributed by atoms with E-state index in [2.05, 4.69) is 31.0 Å². The van der Waals surface area contributed by atoms with Gasteiger partial charge in [-0.2, -0.15) is 0 Å². The van der Waals surface area contributed by atoms with Gasteiger partial charge in [-0.05, 0) is 32.4 Å². The van der Waals surface area contributed by atoms with Gasteiger partial charge in [-0.15, -0.1) is 0 Å². The molecule has 1 saturated heterocycles. The molecule has 2 heteroatoms. The van der Waals surface area contributed by atoms with E-state index in [4.69, 9.17) is 0 Å². The summed E-state index contributed by atoms with van der Waals surface area (Å²) in [6.45, 7) is 11.9. The molecule has 0 amide bonds. The van der Waals surface area contributed by atoms with Crippen molar-refractivity contribution in [1.29, 1.82) is 0 Å². The zero-order chi connectivity index (χ0) is 10.4. The molecule has 1 N–H and O–H groups in total. The van der Waals surface area contributed by atoms with E-state index in [1.807, 2.05) is 0 Å². The quantitative estimate of drug-likeness (QED) is 0.744. The van der Waals surface area contributed by atoms with E-state index in [0.29, 0.717) is 6.04 Å². The maximum atomic E-state index is 3.54. The molecule has 0 saturated carbocycles. The lowest BCUT2D eigenvalue weighted by Crippen LogP contribution is -2.37. The van der Waals surface area contributed by atoms with Gasteiger partial charge >= 0.3 is 0 Å². The first-order valence-electron chi connectivity index (χ1n) is 6.22. The van der Waals surface area contributed by atoms with Crippen LogP contribution in [0.2, 0.25) is 0 Å². The maximum Gasteiger partial charge on any atom is 0.0166 e. The van der Waals surface area contributed by atoms with Gasteiger partial charge < -0.3 is 10.2 Å². The van der Waals surface area contributed by atoms with E-state index in [1.165, 1.54) is 45.4 Å². The van der Waals surface area contributed by atoms with Crippen LogP contribution in [-0.2, 0) is 0 Å². The second-order valence-corrected chi connectivity index (χ2v) is 4.65. The number of hydrogen-bond donors (Lipinski definition) is 1. The minimum absolute atomic E-state index is 0.673. The first-order valence-corrected chi connectivity index (χ1v) is 6.22. The van der Waals surface area contributed by atoms with Crippen LogP contribution in [0.5, 0.6) is 0 Å². The van der Waals surface area contributed by atoms with Gasteiger partial charge in [-0.3, -0.25) is 0 Å². The van der Waals surface area contributed by atoms with Crippen molar-refractivity contribution in [1.82, 2.24) is 10.2 Å². The first kappa shape index (κ1) is 12.0. The third kappa shape index (κ3) is 3.97. The molecule has 1 unspecified atom stereocenters. The van der Waals surface area contributed by atoms with Gasteiger partial charge in [0.15, 0.2) is 0 Å². The first-order chi connectivity index (χ1) is 6.76. The Kier molecular flexibility index (Phi) is 5.49. The molecule has 1 aliphatic heterocycles. The lowest BCUT2D eigenvalue weighted by molar-refractivity contribution is 0.223. The fraction of sp³-hybridized carbons (Fsp3) is 1.00. The summed E-state index contributed by atoms with van der Waals surface area (Å²) in [6, 6.07) is 0.673. The van der Waals surface area contributed by atoms with Crippen molar-refractivity contribution in [3.63, 3.8) is 0 Å². The Balaban J connectivity index is 2.33. The van der Waals surface area contributed by atoms with E-state index < -0.39 is 0 Å². The summed E-state index contributed by atoms with van der Waals surface area (Å²) in [5.74, 6) is 0.903. The fourth-order valence-electron chi connectivity index (χ4n) is 2.27.